The first-order chi connectivity index (χ1) is 11.2. The molecule has 3 N–H and O–H groups in total. The summed E-state index contributed by atoms with van der Waals surface area (Å²) in [5.74, 6) is -0.277. The van der Waals surface area contributed by atoms with Gasteiger partial charge in [0.25, 0.3) is 0 Å². The lowest BCUT2D eigenvalue weighted by Gasteiger charge is -2.32. The number of nitrogens with zero attached hydrogens (tertiary/aromatic N) is 1. The van der Waals surface area contributed by atoms with Gasteiger partial charge in [0.05, 0.1) is 0 Å². The van der Waals surface area contributed by atoms with Crippen LogP contribution in [0, 0.1) is 5.82 Å². The Hall–Kier alpha value is -1.91. The molecule has 3 rings (SSSR count). The van der Waals surface area contributed by atoms with Crippen molar-refractivity contribution in [3.63, 3.8) is 0 Å². The van der Waals surface area contributed by atoms with E-state index in [9.17, 15) is 4.39 Å². The standard InChI is InChI=1S/C19H24FN3/c20-17-7-6-16(19(21)12-17)13-22-18-8-10-23(11-9-18)14-15-4-2-1-3-5-15/h1-7,12,18,22H,8-11,13-14,21H2. The Balaban J connectivity index is 1.44. The maximum Gasteiger partial charge on any atom is 0.125 e. The molecule has 1 heterocycles. The second kappa shape index (κ2) is 7.57. The Morgan fingerprint density at radius 2 is 1.83 bits per heavy atom. The molecule has 4 heteroatoms. The highest BCUT2D eigenvalue weighted by Crippen LogP contribution is 2.17. The smallest absolute Gasteiger partial charge is 0.125 e. The van der Waals surface area contributed by atoms with E-state index < -0.39 is 0 Å². The van der Waals surface area contributed by atoms with Crippen molar-refractivity contribution in [2.24, 2.45) is 0 Å². The maximum absolute atomic E-state index is 13.1. The molecule has 1 aliphatic heterocycles. The molecular weight excluding hydrogens is 289 g/mol. The maximum atomic E-state index is 13.1. The van der Waals surface area contributed by atoms with Gasteiger partial charge in [-0.3, -0.25) is 4.90 Å². The van der Waals surface area contributed by atoms with Crippen LogP contribution in [0.1, 0.15) is 24.0 Å². The molecule has 0 amide bonds. The number of benzene rings is 2. The monoisotopic (exact) mass is 313 g/mol. The van der Waals surface area contributed by atoms with Crippen molar-refractivity contribution in [2.75, 3.05) is 18.8 Å². The Kier molecular flexibility index (Phi) is 5.26. The first-order valence-electron chi connectivity index (χ1n) is 8.24. The molecule has 0 aliphatic carbocycles. The van der Waals surface area contributed by atoms with Gasteiger partial charge in [0.15, 0.2) is 0 Å². The van der Waals surface area contributed by atoms with E-state index in [-0.39, 0.29) is 5.82 Å². The van der Waals surface area contributed by atoms with Crippen molar-refractivity contribution < 1.29 is 4.39 Å². The molecule has 0 aromatic heterocycles. The molecule has 1 aliphatic rings. The second-order valence-electron chi connectivity index (χ2n) is 6.26. The highest BCUT2D eigenvalue weighted by Gasteiger charge is 2.18. The molecule has 122 valence electrons. The van der Waals surface area contributed by atoms with E-state index in [2.05, 4.69) is 40.5 Å². The minimum Gasteiger partial charge on any atom is -0.398 e. The Labute approximate surface area is 137 Å². The first kappa shape index (κ1) is 16.0. The van der Waals surface area contributed by atoms with Gasteiger partial charge in [0.2, 0.25) is 0 Å². The third-order valence-electron chi connectivity index (χ3n) is 4.53. The first-order valence-corrected chi connectivity index (χ1v) is 8.24. The number of rotatable bonds is 5. The van der Waals surface area contributed by atoms with Crippen LogP contribution >= 0.6 is 0 Å². The van der Waals surface area contributed by atoms with E-state index in [1.165, 1.54) is 17.7 Å². The number of hydrogen-bond donors (Lipinski definition) is 2. The predicted molar refractivity (Wildman–Crippen MR) is 92.4 cm³/mol. The summed E-state index contributed by atoms with van der Waals surface area (Å²) in [4.78, 5) is 2.50. The molecule has 23 heavy (non-hydrogen) atoms. The Morgan fingerprint density at radius 3 is 2.52 bits per heavy atom. The van der Waals surface area contributed by atoms with Gasteiger partial charge in [0, 0.05) is 24.8 Å². The molecule has 1 fully saturated rings. The van der Waals surface area contributed by atoms with Crippen LogP contribution in [0.5, 0.6) is 0 Å². The SMILES string of the molecule is Nc1cc(F)ccc1CNC1CCN(Cc2ccccc2)CC1. The molecule has 0 radical (unpaired) electrons. The van der Waals surface area contributed by atoms with E-state index in [0.29, 0.717) is 18.3 Å². The Morgan fingerprint density at radius 1 is 1.09 bits per heavy atom. The fourth-order valence-corrected chi connectivity index (χ4v) is 3.12. The third-order valence-corrected chi connectivity index (χ3v) is 4.53. The van der Waals surface area contributed by atoms with Crippen molar-refractivity contribution in [3.05, 3.63) is 65.5 Å². The van der Waals surface area contributed by atoms with Gasteiger partial charge < -0.3 is 11.1 Å². The third kappa shape index (κ3) is 4.53. The number of likely N-dealkylation sites (tertiary alicyclic amines) is 1. The minimum absolute atomic E-state index is 0.277. The van der Waals surface area contributed by atoms with E-state index in [4.69, 9.17) is 5.73 Å². The summed E-state index contributed by atoms with van der Waals surface area (Å²) >= 11 is 0. The van der Waals surface area contributed by atoms with Crippen LogP contribution in [0.3, 0.4) is 0 Å². The number of anilines is 1. The highest BCUT2D eigenvalue weighted by atomic mass is 19.1. The second-order valence-corrected chi connectivity index (χ2v) is 6.26. The number of hydrogen-bond acceptors (Lipinski definition) is 3. The minimum atomic E-state index is -0.277. The average molecular weight is 313 g/mol. The van der Waals surface area contributed by atoms with Crippen LogP contribution < -0.4 is 11.1 Å². The molecule has 2 aromatic rings. The van der Waals surface area contributed by atoms with E-state index in [1.54, 1.807) is 6.07 Å². The largest absolute Gasteiger partial charge is 0.398 e. The van der Waals surface area contributed by atoms with Gasteiger partial charge in [-0.05, 0) is 49.2 Å². The molecule has 0 saturated carbocycles. The normalized spacial score (nSPS) is 16.6. The summed E-state index contributed by atoms with van der Waals surface area (Å²) in [5.41, 5.74) is 8.73. The topological polar surface area (TPSA) is 41.3 Å². The number of piperidine rings is 1. The van der Waals surface area contributed by atoms with Gasteiger partial charge in [-0.2, -0.15) is 0 Å². The molecule has 1 saturated heterocycles. The zero-order chi connectivity index (χ0) is 16.1. The molecule has 0 bridgehead atoms. The molecule has 0 unspecified atom stereocenters. The van der Waals surface area contributed by atoms with Gasteiger partial charge in [-0.15, -0.1) is 0 Å². The highest BCUT2D eigenvalue weighted by molar-refractivity contribution is 5.46. The van der Waals surface area contributed by atoms with Crippen molar-refractivity contribution in [2.45, 2.75) is 32.0 Å². The van der Waals surface area contributed by atoms with E-state index in [0.717, 1.165) is 38.0 Å². The average Bonchev–Trinajstić information content (AvgIpc) is 2.56. The van der Waals surface area contributed by atoms with Crippen molar-refractivity contribution in [1.29, 1.82) is 0 Å². The van der Waals surface area contributed by atoms with Gasteiger partial charge in [-0.1, -0.05) is 36.4 Å². The summed E-state index contributed by atoms with van der Waals surface area (Å²) in [5, 5.41) is 3.55. The predicted octanol–water partition coefficient (Wildman–Crippen LogP) is 3.16. The molecule has 0 spiro atoms. The van der Waals surface area contributed by atoms with Gasteiger partial charge in [0.1, 0.15) is 5.82 Å². The van der Waals surface area contributed by atoms with Gasteiger partial charge in [-0.25, -0.2) is 4.39 Å². The number of nitrogen functional groups attached to an aromatic ring is 1. The van der Waals surface area contributed by atoms with Crippen LogP contribution in [-0.4, -0.2) is 24.0 Å². The number of nitrogens with two attached hydrogens (primary N) is 1. The van der Waals surface area contributed by atoms with Crippen LogP contribution in [-0.2, 0) is 13.1 Å². The molecule has 3 nitrogen and oxygen atoms in total. The quantitative estimate of drug-likeness (QED) is 0.833. The molecule has 2 aromatic carbocycles. The fourth-order valence-electron chi connectivity index (χ4n) is 3.12. The van der Waals surface area contributed by atoms with Crippen LogP contribution in [0.15, 0.2) is 48.5 Å². The van der Waals surface area contributed by atoms with Crippen molar-refractivity contribution >= 4 is 5.69 Å². The lowest BCUT2D eigenvalue weighted by Crippen LogP contribution is -2.41. The van der Waals surface area contributed by atoms with Crippen molar-refractivity contribution in [1.82, 2.24) is 10.2 Å². The summed E-state index contributed by atoms with van der Waals surface area (Å²) in [6.45, 7) is 3.94. The van der Waals surface area contributed by atoms with Crippen LogP contribution in [0.4, 0.5) is 10.1 Å². The number of halogens is 1. The Bertz CT molecular complexity index is 622. The lowest BCUT2D eigenvalue weighted by atomic mass is 10.0. The van der Waals surface area contributed by atoms with Crippen LogP contribution in [0.25, 0.3) is 0 Å². The lowest BCUT2D eigenvalue weighted by molar-refractivity contribution is 0.190. The van der Waals surface area contributed by atoms with Crippen molar-refractivity contribution in [3.8, 4) is 0 Å². The zero-order valence-corrected chi connectivity index (χ0v) is 13.3. The molecular formula is C19H24FN3. The van der Waals surface area contributed by atoms with Crippen LogP contribution in [0.2, 0.25) is 0 Å². The summed E-state index contributed by atoms with van der Waals surface area (Å²) in [6, 6.07) is 15.7. The number of nitrogens with one attached hydrogen (secondary N) is 1. The molecule has 0 atom stereocenters. The van der Waals surface area contributed by atoms with E-state index >= 15 is 0 Å². The summed E-state index contributed by atoms with van der Waals surface area (Å²) in [7, 11) is 0. The zero-order valence-electron chi connectivity index (χ0n) is 13.3. The fraction of sp³-hybridized carbons (Fsp3) is 0.368. The summed E-state index contributed by atoms with van der Waals surface area (Å²) in [6.07, 6.45) is 2.27. The summed E-state index contributed by atoms with van der Waals surface area (Å²) < 4.78 is 13.1. The van der Waals surface area contributed by atoms with Gasteiger partial charge >= 0.3 is 0 Å². The van der Waals surface area contributed by atoms with E-state index in [1.807, 2.05) is 0 Å².